The molecule has 15 N–H and O–H groups in total. The number of hydrogen-bond donors (Lipinski definition) is 15. The molecule has 33 heteroatoms. The van der Waals surface area contributed by atoms with Gasteiger partial charge in [-0.15, -0.1) is 0 Å². The Morgan fingerprint density at radius 3 is 1.67 bits per heavy atom. The van der Waals surface area contributed by atoms with Crippen molar-refractivity contribution in [2.45, 2.75) is 324 Å². The Bertz CT molecular complexity index is 3470. The Kier molecular flexibility index (Phi) is 24.1. The Morgan fingerprint density at radius 1 is 0.523 bits per heavy atom. The first kappa shape index (κ1) is 84.0. The van der Waals surface area contributed by atoms with Crippen LogP contribution in [0.15, 0.2) is 48.1 Å². The molecular weight excluding hydrogens is 1440 g/mol. The number of aliphatic hydroxyl groups excluding tert-OH is 14. The van der Waals surface area contributed by atoms with E-state index in [1.54, 1.807) is 38.1 Å². The van der Waals surface area contributed by atoms with Crippen molar-refractivity contribution in [3.63, 3.8) is 0 Å². The first-order valence-corrected chi connectivity index (χ1v) is 37.9. The lowest BCUT2D eigenvalue weighted by atomic mass is 9.30. The van der Waals surface area contributed by atoms with Crippen LogP contribution in [0, 0.1) is 50.2 Å². The van der Waals surface area contributed by atoms with E-state index in [1.165, 1.54) is 26.8 Å². The minimum atomic E-state index is -2.39. The number of esters is 3. The van der Waals surface area contributed by atoms with E-state index in [4.69, 9.17) is 66.3 Å². The zero-order valence-corrected chi connectivity index (χ0v) is 63.3. The summed E-state index contributed by atoms with van der Waals surface area (Å²) in [6.45, 7) is 19.7. The molecule has 1 spiro atoms. The van der Waals surface area contributed by atoms with Gasteiger partial charge in [0.05, 0.1) is 37.1 Å². The molecule has 0 amide bonds. The average molecular weight is 1550 g/mol. The second-order valence-electron chi connectivity index (χ2n) is 34.2. The Morgan fingerprint density at radius 2 is 1.06 bits per heavy atom. The molecule has 614 valence electrons. The quantitative estimate of drug-likeness (QED) is 0.0350. The second kappa shape index (κ2) is 31.3. The number of aliphatic carboxylic acids is 1. The molecule has 0 radical (unpaired) electrons. The number of rotatable bonds is 19. The number of ether oxygens (including phenoxy) is 14. The SMILES string of the molecule is CC=C(C)C(=O)O[C@H]1[C@H](OC(=O)C=Cc2ccccc2)[C@]23[C@@H](O)O[C@@]4(CC[C@@H]5[C@@]6(C)CC[C@H](O[C@@H]7O[C@H](C(=O)O)[C@@H](O)[C@H](O[C@@H]8O[C@H](CO)[C@H](O)[C@H](O)[C@H]8O[C@@H]8O[C@@H](C)[C@H](O)[C@@H](O)[C@H]8O[C@@H]8O[C@@H](C)[C@H](O)[C@@H](O)[C@H]8O)[C@H]7O[C@@H]7O[C@H](CO)[C@H](O)[C@H](O)[C@H]7O)C(C)(C)[C@H]6CC[C@@]5(C)[C@]4(C)C[C@H]2OC(C)=O)[C@H]3CC1(C)C. The fourth-order valence-electron chi connectivity index (χ4n) is 21.5. The monoisotopic (exact) mass is 1550 g/mol. The molecule has 12 rings (SSSR count). The van der Waals surface area contributed by atoms with Gasteiger partial charge in [-0.1, -0.05) is 84.9 Å². The minimum Gasteiger partial charge on any atom is -0.479 e. The van der Waals surface area contributed by atoms with Crippen molar-refractivity contribution in [3.05, 3.63) is 53.6 Å². The largest absolute Gasteiger partial charge is 0.479 e. The van der Waals surface area contributed by atoms with E-state index in [2.05, 4.69) is 20.8 Å². The highest BCUT2D eigenvalue weighted by atomic mass is 16.8. The van der Waals surface area contributed by atoms with Crippen molar-refractivity contribution in [2.75, 3.05) is 13.2 Å². The molecule has 6 aliphatic heterocycles. The fourth-order valence-corrected chi connectivity index (χ4v) is 21.5. The first-order valence-electron chi connectivity index (χ1n) is 37.9. The van der Waals surface area contributed by atoms with Crippen molar-refractivity contribution >= 4 is 30.0 Å². The fraction of sp³-hybridized carbons (Fsp3) is 0.816. The topological polar surface area (TPSA) is 501 Å². The average Bonchev–Trinajstić information content (AvgIpc) is 1.53. The highest BCUT2D eigenvalue weighted by molar-refractivity contribution is 5.88. The Labute approximate surface area is 631 Å². The van der Waals surface area contributed by atoms with Crippen molar-refractivity contribution < 1.29 is 162 Å². The molecule has 5 aliphatic carbocycles. The molecule has 109 heavy (non-hydrogen) atoms. The predicted molar refractivity (Wildman–Crippen MR) is 369 cm³/mol. The summed E-state index contributed by atoms with van der Waals surface area (Å²) >= 11 is 0. The van der Waals surface area contributed by atoms with Crippen LogP contribution in [0.3, 0.4) is 0 Å². The summed E-state index contributed by atoms with van der Waals surface area (Å²) in [5.41, 5.74) is -6.00. The number of carbonyl (C=O) groups excluding carboxylic acids is 3. The van der Waals surface area contributed by atoms with Crippen molar-refractivity contribution in [1.29, 1.82) is 0 Å². The number of fused-ring (bicyclic) bond motifs is 4. The smallest absolute Gasteiger partial charge is 0.335 e. The van der Waals surface area contributed by atoms with Gasteiger partial charge in [0.15, 0.2) is 49.9 Å². The number of aliphatic hydroxyl groups is 14. The normalized spacial score (nSPS) is 50.1. The predicted octanol–water partition coefficient (Wildman–Crippen LogP) is -0.767. The maximum Gasteiger partial charge on any atom is 0.335 e. The van der Waals surface area contributed by atoms with Crippen LogP contribution < -0.4 is 0 Å². The van der Waals surface area contributed by atoms with Crippen LogP contribution >= 0.6 is 0 Å². The molecule has 0 unspecified atom stereocenters. The van der Waals surface area contributed by atoms with E-state index in [0.29, 0.717) is 37.7 Å². The van der Waals surface area contributed by atoms with Gasteiger partial charge in [0.25, 0.3) is 0 Å². The number of hydrogen-bond acceptors (Lipinski definition) is 32. The van der Waals surface area contributed by atoms with E-state index in [1.807, 2.05) is 45.9 Å². The van der Waals surface area contributed by atoms with E-state index >= 15 is 0 Å². The summed E-state index contributed by atoms with van der Waals surface area (Å²) in [5.74, 6) is -5.01. The summed E-state index contributed by atoms with van der Waals surface area (Å²) in [6.07, 6.45) is -47.7. The van der Waals surface area contributed by atoms with Crippen LogP contribution in [0.2, 0.25) is 0 Å². The second-order valence-corrected chi connectivity index (χ2v) is 34.2. The molecule has 6 heterocycles. The summed E-state index contributed by atoms with van der Waals surface area (Å²) in [7, 11) is 0. The molecule has 11 aliphatic rings. The van der Waals surface area contributed by atoms with Gasteiger partial charge < -0.3 is 143 Å². The van der Waals surface area contributed by atoms with Crippen LogP contribution in [-0.4, -0.2) is 304 Å². The van der Waals surface area contributed by atoms with Crippen molar-refractivity contribution in [2.24, 2.45) is 50.2 Å². The lowest BCUT2D eigenvalue weighted by Crippen LogP contribution is -2.77. The van der Waals surface area contributed by atoms with Gasteiger partial charge in [0, 0.05) is 35.3 Å². The molecule has 11 fully saturated rings. The van der Waals surface area contributed by atoms with E-state index < -0.39 is 265 Å². The third-order valence-corrected chi connectivity index (χ3v) is 27.6. The van der Waals surface area contributed by atoms with Gasteiger partial charge in [0.1, 0.15) is 121 Å². The number of carboxylic acids is 1. The van der Waals surface area contributed by atoms with Crippen LogP contribution in [0.5, 0.6) is 0 Å². The van der Waals surface area contributed by atoms with E-state index in [-0.39, 0.29) is 36.7 Å². The lowest BCUT2D eigenvalue weighted by Gasteiger charge is -2.75. The molecule has 5 saturated carbocycles. The number of carbonyl (C=O) groups is 4. The van der Waals surface area contributed by atoms with Crippen LogP contribution in [0.25, 0.3) is 6.08 Å². The highest BCUT2D eigenvalue weighted by Gasteiger charge is 2.87. The molecule has 1 aromatic rings. The summed E-state index contributed by atoms with van der Waals surface area (Å²) in [6, 6.07) is 9.07. The molecule has 2 bridgehead atoms. The van der Waals surface area contributed by atoms with Gasteiger partial charge in [0.2, 0.25) is 0 Å². The molecule has 1 aromatic carbocycles. The highest BCUT2D eigenvalue weighted by Crippen LogP contribution is 2.82. The molecular formula is C76H112O33. The molecule has 6 saturated heterocycles. The number of benzene rings is 1. The molecule has 38 atom stereocenters. The first-order chi connectivity index (χ1) is 51.1. The van der Waals surface area contributed by atoms with Gasteiger partial charge >= 0.3 is 23.9 Å². The summed E-state index contributed by atoms with van der Waals surface area (Å²) in [5, 5.41) is 170. The maximum absolute atomic E-state index is 14.5. The van der Waals surface area contributed by atoms with Gasteiger partial charge in [-0.3, -0.25) is 4.79 Å². The Hall–Kier alpha value is -4.42. The van der Waals surface area contributed by atoms with Crippen LogP contribution in [0.4, 0.5) is 0 Å². The number of allylic oxidation sites excluding steroid dienone is 1. The van der Waals surface area contributed by atoms with Crippen molar-refractivity contribution in [3.8, 4) is 0 Å². The molecule has 0 aromatic heterocycles. The van der Waals surface area contributed by atoms with Gasteiger partial charge in [-0.05, 0) is 119 Å². The Balaban J connectivity index is 0.872. The zero-order chi connectivity index (χ0) is 79.6. The van der Waals surface area contributed by atoms with Crippen molar-refractivity contribution in [1.82, 2.24) is 0 Å². The van der Waals surface area contributed by atoms with Gasteiger partial charge in [-0.2, -0.15) is 0 Å². The van der Waals surface area contributed by atoms with Crippen LogP contribution in [-0.2, 0) is 85.5 Å². The zero-order valence-electron chi connectivity index (χ0n) is 63.3. The standard InChI is InChI=1S/C76H112O33/c1-13-31(2)63(94)108-60-61(102-43(80)20-19-35-17-15-14-16-18-35)76-40(27-70(60,6)7)75(109-69(76)95)26-22-39-72(10)24-23-41(71(8,9)38(72)21-25-73(39,11)74(75,12)28-42(76)98-34(5)79)101-68-59(107-65-53(90)49(86)46(83)36(29-77)99-65)55(54(91)56(104-68)62(92)93)103-67-58(51(88)47(84)37(30-78)100-67)106-66-57(50(87)45(82)33(4)97-66)105-64-52(89)48(85)44(81)32(3)96-64/h13-20,32-33,36-42,44-61,64-69,77-78,81-91,95H,21-30H2,1-12H3,(H,92,93)/t32-,33-,36+,37+,38+,39+,40+,41-,42+,44-,45-,46-,47-,48+,49-,50+,51-,52+,53+,54-,55-,56-,57+,58+,59+,60-,61-,64-,65-,66-,67-,68+,69-,72-,73+,74-,75-,76+/m0/s1. The minimum absolute atomic E-state index is 0.119. The maximum atomic E-state index is 14.5. The summed E-state index contributed by atoms with van der Waals surface area (Å²) in [4.78, 5) is 55.9. The third kappa shape index (κ3) is 14.1. The van der Waals surface area contributed by atoms with Crippen LogP contribution in [0.1, 0.15) is 140 Å². The lowest BCUT2D eigenvalue weighted by molar-refractivity contribution is -0.412. The van der Waals surface area contributed by atoms with E-state index in [0.717, 1.165) is 0 Å². The third-order valence-electron chi connectivity index (χ3n) is 27.6. The number of carboxylic acid groups (broad SMARTS) is 1. The summed E-state index contributed by atoms with van der Waals surface area (Å²) < 4.78 is 89.1. The molecule has 33 nitrogen and oxygen atoms in total. The van der Waals surface area contributed by atoms with E-state index in [9.17, 15) is 95.8 Å². The van der Waals surface area contributed by atoms with Gasteiger partial charge in [-0.25, -0.2) is 14.4 Å².